The summed E-state index contributed by atoms with van der Waals surface area (Å²) in [5.41, 5.74) is -1.03. The molecule has 0 fully saturated rings. The van der Waals surface area contributed by atoms with E-state index >= 15 is 0 Å². The molecule has 0 atom stereocenters. The van der Waals surface area contributed by atoms with Crippen molar-refractivity contribution in [2.24, 2.45) is 0 Å². The van der Waals surface area contributed by atoms with Crippen LogP contribution in [0.5, 0.6) is 0 Å². The quantitative estimate of drug-likeness (QED) is 0.901. The lowest BCUT2D eigenvalue weighted by atomic mass is 10.1. The summed E-state index contributed by atoms with van der Waals surface area (Å²) < 4.78 is 38.6. The highest BCUT2D eigenvalue weighted by molar-refractivity contribution is 7.09. The number of carbonyl (C=O) groups is 1. The minimum atomic E-state index is -4.72. The number of anilines is 1. The van der Waals surface area contributed by atoms with E-state index in [4.69, 9.17) is 5.11 Å². The van der Waals surface area contributed by atoms with Gasteiger partial charge in [-0.1, -0.05) is 0 Å². The van der Waals surface area contributed by atoms with E-state index in [-0.39, 0.29) is 12.2 Å². The lowest BCUT2D eigenvalue weighted by Crippen LogP contribution is -2.13. The number of hydrogen-bond donors (Lipinski definition) is 2. The highest BCUT2D eigenvalue weighted by atomic mass is 32.1. The van der Waals surface area contributed by atoms with Crippen LogP contribution in [0.2, 0.25) is 0 Å². The molecule has 0 spiro atoms. The maximum absolute atomic E-state index is 12.9. The van der Waals surface area contributed by atoms with Gasteiger partial charge in [0.2, 0.25) is 0 Å². The molecule has 2 N–H and O–H groups in total. The molecule has 0 saturated heterocycles. The second kappa shape index (κ2) is 5.72. The van der Waals surface area contributed by atoms with Gasteiger partial charge in [0.25, 0.3) is 0 Å². The molecular weight excluding hydrogens is 305 g/mol. The smallest absolute Gasteiger partial charge is 0.417 e. The first-order valence-electron chi connectivity index (χ1n) is 5.87. The third kappa shape index (κ3) is 3.72. The van der Waals surface area contributed by atoms with Crippen molar-refractivity contribution < 1.29 is 23.1 Å². The van der Waals surface area contributed by atoms with E-state index in [0.29, 0.717) is 5.69 Å². The van der Waals surface area contributed by atoms with Gasteiger partial charge in [-0.2, -0.15) is 13.2 Å². The van der Waals surface area contributed by atoms with Crippen molar-refractivity contribution in [3.8, 4) is 0 Å². The third-order valence-electron chi connectivity index (χ3n) is 2.70. The van der Waals surface area contributed by atoms with Gasteiger partial charge in [0.1, 0.15) is 0 Å². The number of alkyl halides is 3. The first-order valence-corrected chi connectivity index (χ1v) is 6.75. The molecule has 0 bridgehead atoms. The number of nitrogens with zero attached hydrogens (tertiary/aromatic N) is 1. The summed E-state index contributed by atoms with van der Waals surface area (Å²) in [5, 5.41) is 14.3. The minimum absolute atomic E-state index is 0.193. The summed E-state index contributed by atoms with van der Waals surface area (Å²) >= 11 is 1.44. The Morgan fingerprint density at radius 3 is 2.67 bits per heavy atom. The molecule has 0 amide bonds. The Morgan fingerprint density at radius 1 is 1.43 bits per heavy atom. The average Bonchev–Trinajstić information content (AvgIpc) is 2.81. The van der Waals surface area contributed by atoms with Crippen molar-refractivity contribution in [2.45, 2.75) is 19.6 Å². The van der Waals surface area contributed by atoms with Crippen LogP contribution in [-0.4, -0.2) is 16.1 Å². The molecule has 4 nitrogen and oxygen atoms in total. The van der Waals surface area contributed by atoms with E-state index in [1.807, 2.05) is 6.92 Å². The molecule has 0 unspecified atom stereocenters. The number of aromatic nitrogens is 1. The van der Waals surface area contributed by atoms with Crippen molar-refractivity contribution >= 4 is 23.0 Å². The molecule has 0 aliphatic carbocycles. The molecule has 2 aromatic rings. The standard InChI is InChI=1S/C13H11F3N2O2S/c1-7-18-9(6-21-7)5-17-8-2-3-10(12(19)20)11(4-8)13(14,15)16/h2-4,6,17H,5H2,1H3,(H,19,20). The van der Waals surface area contributed by atoms with E-state index in [1.165, 1.54) is 17.4 Å². The van der Waals surface area contributed by atoms with E-state index in [1.54, 1.807) is 5.38 Å². The first-order chi connectivity index (χ1) is 9.77. The van der Waals surface area contributed by atoms with Gasteiger partial charge in [-0.15, -0.1) is 11.3 Å². The predicted molar refractivity (Wildman–Crippen MR) is 72.6 cm³/mol. The number of aryl methyl sites for hydroxylation is 1. The van der Waals surface area contributed by atoms with Crippen LogP contribution in [0.25, 0.3) is 0 Å². The summed E-state index contributed by atoms with van der Waals surface area (Å²) in [5.74, 6) is -1.61. The van der Waals surface area contributed by atoms with Gasteiger partial charge in [-0.05, 0) is 25.1 Å². The Bertz CT molecular complexity index is 668. The van der Waals surface area contributed by atoms with Crippen LogP contribution in [0.4, 0.5) is 18.9 Å². The molecule has 0 saturated carbocycles. The zero-order valence-electron chi connectivity index (χ0n) is 10.9. The van der Waals surface area contributed by atoms with Crippen LogP contribution >= 0.6 is 11.3 Å². The Hall–Kier alpha value is -2.09. The first kappa shape index (κ1) is 15.3. The number of nitrogens with one attached hydrogen (secondary N) is 1. The van der Waals surface area contributed by atoms with Crippen molar-refractivity contribution in [3.05, 3.63) is 45.4 Å². The Labute approximate surface area is 122 Å². The molecule has 2 rings (SSSR count). The van der Waals surface area contributed by atoms with Crippen LogP contribution in [0.1, 0.15) is 26.6 Å². The number of benzene rings is 1. The van der Waals surface area contributed by atoms with Crippen molar-refractivity contribution in [3.63, 3.8) is 0 Å². The second-order valence-corrected chi connectivity index (χ2v) is 5.34. The van der Waals surface area contributed by atoms with E-state index in [0.717, 1.165) is 17.1 Å². The molecule has 112 valence electrons. The fraction of sp³-hybridized carbons (Fsp3) is 0.231. The van der Waals surface area contributed by atoms with Gasteiger partial charge < -0.3 is 10.4 Å². The normalized spacial score (nSPS) is 11.4. The molecule has 8 heteroatoms. The molecule has 0 aliphatic rings. The van der Waals surface area contributed by atoms with Crippen LogP contribution in [0.15, 0.2) is 23.6 Å². The lowest BCUT2D eigenvalue weighted by Gasteiger charge is -2.13. The maximum Gasteiger partial charge on any atom is 0.417 e. The molecule has 21 heavy (non-hydrogen) atoms. The summed E-state index contributed by atoms with van der Waals surface area (Å²) in [4.78, 5) is 15.0. The summed E-state index contributed by atoms with van der Waals surface area (Å²) in [6.07, 6.45) is -4.72. The molecule has 0 aliphatic heterocycles. The van der Waals surface area contributed by atoms with Crippen molar-refractivity contribution in [1.29, 1.82) is 0 Å². The van der Waals surface area contributed by atoms with E-state index < -0.39 is 23.3 Å². The number of carboxylic acids is 1. The molecule has 0 radical (unpaired) electrons. The third-order valence-corrected chi connectivity index (χ3v) is 3.52. The van der Waals surface area contributed by atoms with Gasteiger partial charge >= 0.3 is 12.1 Å². The van der Waals surface area contributed by atoms with Crippen molar-refractivity contribution in [1.82, 2.24) is 4.98 Å². The summed E-state index contributed by atoms with van der Waals surface area (Å²) in [6, 6.07) is 3.04. The molecule has 1 aromatic heterocycles. The van der Waals surface area contributed by atoms with Gasteiger partial charge in [0.05, 0.1) is 28.4 Å². The molecular formula is C13H11F3N2O2S. The molecule has 1 heterocycles. The van der Waals surface area contributed by atoms with Gasteiger partial charge in [0.15, 0.2) is 0 Å². The monoisotopic (exact) mass is 316 g/mol. The number of carboxylic acid groups (broad SMARTS) is 1. The number of aromatic carboxylic acids is 1. The fourth-order valence-electron chi connectivity index (χ4n) is 1.76. The van der Waals surface area contributed by atoms with Gasteiger partial charge in [0, 0.05) is 11.1 Å². The van der Waals surface area contributed by atoms with E-state index in [2.05, 4.69) is 10.3 Å². The van der Waals surface area contributed by atoms with E-state index in [9.17, 15) is 18.0 Å². The van der Waals surface area contributed by atoms with Gasteiger partial charge in [-0.3, -0.25) is 0 Å². The van der Waals surface area contributed by atoms with Crippen LogP contribution in [0.3, 0.4) is 0 Å². The topological polar surface area (TPSA) is 62.2 Å². The zero-order valence-corrected chi connectivity index (χ0v) is 11.7. The minimum Gasteiger partial charge on any atom is -0.478 e. The Kier molecular flexibility index (Phi) is 4.17. The Morgan fingerprint density at radius 2 is 2.14 bits per heavy atom. The van der Waals surface area contributed by atoms with Crippen LogP contribution in [-0.2, 0) is 12.7 Å². The number of hydrogen-bond acceptors (Lipinski definition) is 4. The maximum atomic E-state index is 12.9. The van der Waals surface area contributed by atoms with Crippen LogP contribution < -0.4 is 5.32 Å². The van der Waals surface area contributed by atoms with Crippen LogP contribution in [0, 0.1) is 6.92 Å². The SMILES string of the molecule is Cc1nc(CNc2ccc(C(=O)O)c(C(F)(F)F)c2)cs1. The second-order valence-electron chi connectivity index (χ2n) is 4.27. The molecule has 1 aromatic carbocycles. The van der Waals surface area contributed by atoms with Gasteiger partial charge in [-0.25, -0.2) is 9.78 Å². The predicted octanol–water partition coefficient (Wildman–Crippen LogP) is 3.78. The average molecular weight is 316 g/mol. The number of halogens is 3. The number of rotatable bonds is 4. The fourth-order valence-corrected chi connectivity index (χ4v) is 2.37. The summed E-state index contributed by atoms with van der Waals surface area (Å²) in [7, 11) is 0. The number of thiazole rings is 1. The highest BCUT2D eigenvalue weighted by Gasteiger charge is 2.35. The van der Waals surface area contributed by atoms with Crippen molar-refractivity contribution in [2.75, 3.05) is 5.32 Å². The highest BCUT2D eigenvalue weighted by Crippen LogP contribution is 2.34. The largest absolute Gasteiger partial charge is 0.478 e. The Balaban J connectivity index is 2.23. The lowest BCUT2D eigenvalue weighted by molar-refractivity contribution is -0.138. The summed E-state index contributed by atoms with van der Waals surface area (Å²) in [6.45, 7) is 2.10. The zero-order chi connectivity index (χ0) is 15.6.